The first-order chi connectivity index (χ1) is 8.69. The van der Waals surface area contributed by atoms with E-state index in [1.807, 2.05) is 32.0 Å². The van der Waals surface area contributed by atoms with Gasteiger partial charge in [0.1, 0.15) is 5.04 Å². The molecule has 0 unspecified atom stereocenters. The molecule has 6 heteroatoms. The third kappa shape index (κ3) is 3.32. The third-order valence-electron chi connectivity index (χ3n) is 2.39. The Morgan fingerprint density at radius 1 is 1.61 bits per heavy atom. The van der Waals surface area contributed by atoms with Crippen LogP contribution in [0, 0.1) is 6.92 Å². The SMILES string of the molecule is CCN=C1CNN(NC(=O)c2cccc(C)c2)S1. The number of carbonyl (C=O) groups is 1. The summed E-state index contributed by atoms with van der Waals surface area (Å²) in [6.07, 6.45) is 0. The van der Waals surface area contributed by atoms with Crippen molar-refractivity contribution in [2.75, 3.05) is 13.1 Å². The maximum absolute atomic E-state index is 12.0. The van der Waals surface area contributed by atoms with Crippen LogP contribution in [0.2, 0.25) is 0 Å². The Labute approximate surface area is 111 Å². The first-order valence-corrected chi connectivity index (χ1v) is 6.59. The number of rotatable bonds is 3. The lowest BCUT2D eigenvalue weighted by Crippen LogP contribution is -2.42. The summed E-state index contributed by atoms with van der Waals surface area (Å²) in [6, 6.07) is 7.49. The van der Waals surface area contributed by atoms with Crippen molar-refractivity contribution in [3.63, 3.8) is 0 Å². The summed E-state index contributed by atoms with van der Waals surface area (Å²) in [5.41, 5.74) is 7.54. The van der Waals surface area contributed by atoms with Crippen LogP contribution in [0.5, 0.6) is 0 Å². The molecule has 1 aromatic rings. The molecule has 1 fully saturated rings. The number of hydrogen-bond donors (Lipinski definition) is 2. The van der Waals surface area contributed by atoms with Crippen LogP contribution in [-0.2, 0) is 0 Å². The molecule has 0 bridgehead atoms. The van der Waals surface area contributed by atoms with E-state index in [2.05, 4.69) is 15.8 Å². The van der Waals surface area contributed by atoms with Crippen molar-refractivity contribution in [2.45, 2.75) is 13.8 Å². The average Bonchev–Trinajstić information content (AvgIpc) is 2.77. The van der Waals surface area contributed by atoms with Crippen molar-refractivity contribution in [1.29, 1.82) is 0 Å². The van der Waals surface area contributed by atoms with Crippen LogP contribution in [0.25, 0.3) is 0 Å². The molecule has 18 heavy (non-hydrogen) atoms. The molecule has 96 valence electrons. The van der Waals surface area contributed by atoms with Gasteiger partial charge in [0.2, 0.25) is 0 Å². The number of nitrogens with one attached hydrogen (secondary N) is 2. The van der Waals surface area contributed by atoms with Gasteiger partial charge in [-0.2, -0.15) is 0 Å². The van der Waals surface area contributed by atoms with Gasteiger partial charge < -0.3 is 0 Å². The molecule has 5 nitrogen and oxygen atoms in total. The molecule has 2 N–H and O–H groups in total. The van der Waals surface area contributed by atoms with Crippen molar-refractivity contribution in [3.8, 4) is 0 Å². The number of hydrogen-bond acceptors (Lipinski definition) is 5. The van der Waals surface area contributed by atoms with Crippen LogP contribution in [0.1, 0.15) is 22.8 Å². The zero-order valence-corrected chi connectivity index (χ0v) is 11.3. The molecule has 0 radical (unpaired) electrons. The Kier molecular flexibility index (Phi) is 4.35. The Bertz CT molecular complexity index is 475. The van der Waals surface area contributed by atoms with Gasteiger partial charge in [-0.15, -0.1) is 0 Å². The molecule has 1 aromatic carbocycles. The van der Waals surface area contributed by atoms with Gasteiger partial charge in [-0.1, -0.05) is 22.2 Å². The summed E-state index contributed by atoms with van der Waals surface area (Å²) in [7, 11) is 0. The van der Waals surface area contributed by atoms with Crippen molar-refractivity contribution in [3.05, 3.63) is 35.4 Å². The van der Waals surface area contributed by atoms with Gasteiger partial charge in [-0.25, -0.2) is 5.43 Å². The average molecular weight is 264 g/mol. The summed E-state index contributed by atoms with van der Waals surface area (Å²) in [4.78, 5) is 16.3. The first-order valence-electron chi connectivity index (χ1n) is 5.81. The van der Waals surface area contributed by atoms with E-state index in [1.165, 1.54) is 11.9 Å². The van der Waals surface area contributed by atoms with Gasteiger partial charge in [-0.3, -0.25) is 15.2 Å². The van der Waals surface area contributed by atoms with Gasteiger partial charge in [0, 0.05) is 24.1 Å². The number of aliphatic imine (C=N–C) groups is 1. The molecule has 0 aliphatic carbocycles. The van der Waals surface area contributed by atoms with E-state index in [9.17, 15) is 4.79 Å². The number of amides is 1. The summed E-state index contributed by atoms with van der Waals surface area (Å²) < 4.78 is 1.60. The molecular weight excluding hydrogens is 248 g/mol. The van der Waals surface area contributed by atoms with E-state index in [0.717, 1.165) is 17.2 Å². The van der Waals surface area contributed by atoms with Crippen LogP contribution in [0.4, 0.5) is 0 Å². The second-order valence-corrected chi connectivity index (χ2v) is 4.92. The van der Waals surface area contributed by atoms with Gasteiger partial charge in [0.15, 0.2) is 0 Å². The van der Waals surface area contributed by atoms with Gasteiger partial charge in [0.25, 0.3) is 5.91 Å². The van der Waals surface area contributed by atoms with E-state index in [-0.39, 0.29) is 5.91 Å². The van der Waals surface area contributed by atoms with E-state index >= 15 is 0 Å². The van der Waals surface area contributed by atoms with Crippen LogP contribution >= 0.6 is 11.9 Å². The number of aryl methyl sites for hydroxylation is 1. The lowest BCUT2D eigenvalue weighted by atomic mass is 10.1. The topological polar surface area (TPSA) is 56.7 Å². The summed E-state index contributed by atoms with van der Waals surface area (Å²) in [5.74, 6) is -0.128. The van der Waals surface area contributed by atoms with Crippen LogP contribution in [-0.4, -0.2) is 28.6 Å². The van der Waals surface area contributed by atoms with Crippen LogP contribution in [0.3, 0.4) is 0 Å². The number of hydrazine groups is 2. The summed E-state index contributed by atoms with van der Waals surface area (Å²) >= 11 is 1.40. The Hall–Kier alpha value is -1.37. The molecule has 1 heterocycles. The first kappa shape index (κ1) is 13.1. The van der Waals surface area contributed by atoms with Gasteiger partial charge in [0.05, 0.1) is 6.54 Å². The van der Waals surface area contributed by atoms with E-state index < -0.39 is 0 Å². The summed E-state index contributed by atoms with van der Waals surface area (Å²) in [5, 5.41) is 0.974. The Balaban J connectivity index is 1.95. The molecule has 1 amide bonds. The Morgan fingerprint density at radius 3 is 3.17 bits per heavy atom. The summed E-state index contributed by atoms with van der Waals surface area (Å²) in [6.45, 7) is 5.36. The highest BCUT2D eigenvalue weighted by Gasteiger charge is 2.20. The zero-order valence-electron chi connectivity index (χ0n) is 10.4. The molecule has 2 rings (SSSR count). The van der Waals surface area contributed by atoms with E-state index in [1.54, 1.807) is 10.6 Å². The standard InChI is InChI=1S/C12H16N4OS/c1-3-13-11-8-14-16(18-11)15-12(17)10-6-4-5-9(2)7-10/h4-7,14H,3,8H2,1-2H3,(H,15,17). The smallest absolute Gasteiger partial charge is 0.267 e. The predicted molar refractivity (Wildman–Crippen MR) is 74.1 cm³/mol. The van der Waals surface area contributed by atoms with Gasteiger partial charge in [-0.05, 0) is 26.0 Å². The predicted octanol–water partition coefficient (Wildman–Crippen LogP) is 1.53. The largest absolute Gasteiger partial charge is 0.280 e. The minimum Gasteiger partial charge on any atom is -0.280 e. The van der Waals surface area contributed by atoms with Crippen LogP contribution < -0.4 is 10.9 Å². The molecule has 0 aromatic heterocycles. The maximum atomic E-state index is 12.0. The molecule has 0 spiro atoms. The highest BCUT2D eigenvalue weighted by molar-refractivity contribution is 8.12. The number of carbonyl (C=O) groups excluding carboxylic acids is 1. The van der Waals surface area contributed by atoms with Crippen molar-refractivity contribution >= 4 is 22.9 Å². The maximum Gasteiger partial charge on any atom is 0.267 e. The van der Waals surface area contributed by atoms with Crippen LogP contribution in [0.15, 0.2) is 29.3 Å². The second kappa shape index (κ2) is 5.99. The highest BCUT2D eigenvalue weighted by Crippen LogP contribution is 2.14. The molecule has 1 aliphatic rings. The van der Waals surface area contributed by atoms with Crippen molar-refractivity contribution < 1.29 is 4.79 Å². The van der Waals surface area contributed by atoms with Crippen molar-refractivity contribution in [2.24, 2.45) is 4.99 Å². The third-order valence-corrected chi connectivity index (χ3v) is 3.28. The minimum atomic E-state index is -0.128. The minimum absolute atomic E-state index is 0.128. The highest BCUT2D eigenvalue weighted by atomic mass is 32.2. The second-order valence-electron chi connectivity index (χ2n) is 3.90. The molecule has 1 saturated heterocycles. The number of nitrogens with zero attached hydrogens (tertiary/aromatic N) is 2. The number of benzene rings is 1. The van der Waals surface area contributed by atoms with E-state index in [0.29, 0.717) is 12.1 Å². The molecule has 0 saturated carbocycles. The fourth-order valence-electron chi connectivity index (χ4n) is 1.58. The molecule has 1 aliphatic heterocycles. The quantitative estimate of drug-likeness (QED) is 0.813. The lowest BCUT2D eigenvalue weighted by Gasteiger charge is -2.14. The van der Waals surface area contributed by atoms with Gasteiger partial charge >= 0.3 is 0 Å². The fraction of sp³-hybridized carbons (Fsp3) is 0.333. The lowest BCUT2D eigenvalue weighted by molar-refractivity contribution is 0.0864. The molecule has 0 atom stereocenters. The fourth-order valence-corrected chi connectivity index (χ4v) is 2.36. The zero-order chi connectivity index (χ0) is 13.0. The monoisotopic (exact) mass is 264 g/mol. The van der Waals surface area contributed by atoms with Crippen molar-refractivity contribution in [1.82, 2.24) is 15.4 Å². The normalized spacial score (nSPS) is 18.2. The Morgan fingerprint density at radius 2 is 2.44 bits per heavy atom. The van der Waals surface area contributed by atoms with E-state index in [4.69, 9.17) is 0 Å². The molecular formula is C12H16N4OS.